The number of thiazole rings is 1. The van der Waals surface area contributed by atoms with Crippen LogP contribution in [0.1, 0.15) is 50.8 Å². The number of carbonyl (C=O) groups excluding carboxylic acids is 2. The van der Waals surface area contributed by atoms with Crippen LogP contribution < -0.4 is 20.1 Å². The second-order valence-corrected chi connectivity index (χ2v) is 9.19. The zero-order valence-electron chi connectivity index (χ0n) is 17.9. The largest absolute Gasteiger partial charge is 0.454 e. The average Bonchev–Trinajstić information content (AvgIpc) is 3.40. The minimum Gasteiger partial charge on any atom is -0.454 e. The molecule has 1 aliphatic heterocycles. The molecule has 2 heterocycles. The second kappa shape index (κ2) is 8.27. The highest BCUT2D eigenvalue weighted by Crippen LogP contribution is 2.38. The molecule has 164 valence electrons. The van der Waals surface area contributed by atoms with Gasteiger partial charge in [0.15, 0.2) is 16.6 Å². The molecule has 7 nitrogen and oxygen atoms in total. The molecule has 5 rings (SSSR count). The van der Waals surface area contributed by atoms with Gasteiger partial charge >= 0.3 is 0 Å². The van der Waals surface area contributed by atoms with Crippen molar-refractivity contribution in [3.8, 4) is 11.5 Å². The Morgan fingerprint density at radius 2 is 1.91 bits per heavy atom. The van der Waals surface area contributed by atoms with Crippen LogP contribution in [0.15, 0.2) is 36.4 Å². The lowest BCUT2D eigenvalue weighted by molar-refractivity contribution is -0.118. The first-order valence-corrected chi connectivity index (χ1v) is 11.4. The molecular weight excluding hydrogens is 426 g/mol. The van der Waals surface area contributed by atoms with Gasteiger partial charge in [0.05, 0.1) is 11.6 Å². The van der Waals surface area contributed by atoms with E-state index in [4.69, 9.17) is 9.47 Å². The number of aromatic nitrogens is 1. The molecule has 3 aromatic rings. The predicted octanol–water partition coefficient (Wildman–Crippen LogP) is 4.80. The first-order valence-electron chi connectivity index (χ1n) is 10.6. The summed E-state index contributed by atoms with van der Waals surface area (Å²) in [7, 11) is 0. The van der Waals surface area contributed by atoms with Crippen LogP contribution in [0.3, 0.4) is 0 Å². The Morgan fingerprint density at radius 3 is 2.75 bits per heavy atom. The van der Waals surface area contributed by atoms with E-state index in [2.05, 4.69) is 21.7 Å². The Morgan fingerprint density at radius 1 is 1.06 bits per heavy atom. The first kappa shape index (κ1) is 20.5. The summed E-state index contributed by atoms with van der Waals surface area (Å²) in [6.07, 6.45) is 2.51. The minimum atomic E-state index is -0.327. The number of aryl methyl sites for hydroxylation is 3. The van der Waals surface area contributed by atoms with Crippen molar-refractivity contribution in [3.05, 3.63) is 63.7 Å². The molecule has 0 saturated heterocycles. The number of anilines is 2. The van der Waals surface area contributed by atoms with Gasteiger partial charge in [-0.3, -0.25) is 14.9 Å². The monoisotopic (exact) mass is 449 g/mol. The lowest BCUT2D eigenvalue weighted by Crippen LogP contribution is -2.25. The topological polar surface area (TPSA) is 89.6 Å². The van der Waals surface area contributed by atoms with E-state index in [1.165, 1.54) is 11.3 Å². The molecule has 2 aromatic carbocycles. The lowest BCUT2D eigenvalue weighted by atomic mass is 9.90. The van der Waals surface area contributed by atoms with Gasteiger partial charge in [0, 0.05) is 16.1 Å². The predicted molar refractivity (Wildman–Crippen MR) is 123 cm³/mol. The molecule has 0 spiro atoms. The maximum absolute atomic E-state index is 13.1. The molecule has 0 fully saturated rings. The lowest BCUT2D eigenvalue weighted by Gasteiger charge is -2.21. The van der Waals surface area contributed by atoms with Crippen LogP contribution in [0.2, 0.25) is 0 Å². The van der Waals surface area contributed by atoms with Gasteiger partial charge < -0.3 is 14.8 Å². The van der Waals surface area contributed by atoms with Gasteiger partial charge in [-0.2, -0.15) is 0 Å². The van der Waals surface area contributed by atoms with Gasteiger partial charge in [-0.25, -0.2) is 4.98 Å². The molecule has 32 heavy (non-hydrogen) atoms. The van der Waals surface area contributed by atoms with Gasteiger partial charge in [0.1, 0.15) is 0 Å². The molecule has 8 heteroatoms. The normalized spacial score (nSPS) is 16.4. The van der Waals surface area contributed by atoms with E-state index < -0.39 is 0 Å². The molecule has 1 atom stereocenters. The summed E-state index contributed by atoms with van der Waals surface area (Å²) in [5.41, 5.74) is 4.24. The fraction of sp³-hybridized carbons (Fsp3) is 0.292. The van der Waals surface area contributed by atoms with Crippen LogP contribution in [0.25, 0.3) is 0 Å². The quantitative estimate of drug-likeness (QED) is 0.597. The standard InChI is InChI=1S/C24H23N3O4S/c1-13-6-8-17(14(2)10-13)25-23(29)16-4-3-5-20-21(16)26-24(32-20)27-22(28)15-7-9-18-19(11-15)31-12-30-18/h6-11,16H,3-5,12H2,1-2H3,(H,25,29)(H,26,27,28). The van der Waals surface area contributed by atoms with E-state index in [1.807, 2.05) is 26.0 Å². The van der Waals surface area contributed by atoms with Crippen molar-refractivity contribution in [1.29, 1.82) is 0 Å². The minimum absolute atomic E-state index is 0.0585. The van der Waals surface area contributed by atoms with Crippen molar-refractivity contribution in [3.63, 3.8) is 0 Å². The highest BCUT2D eigenvalue weighted by atomic mass is 32.1. The van der Waals surface area contributed by atoms with Crippen molar-refractivity contribution < 1.29 is 19.1 Å². The van der Waals surface area contributed by atoms with Crippen LogP contribution in [0.5, 0.6) is 11.5 Å². The number of hydrogen-bond acceptors (Lipinski definition) is 6. The van der Waals surface area contributed by atoms with Crippen LogP contribution in [-0.4, -0.2) is 23.6 Å². The van der Waals surface area contributed by atoms with Crippen LogP contribution in [-0.2, 0) is 11.2 Å². The number of benzene rings is 2. The molecule has 2 aliphatic rings. The van der Waals surface area contributed by atoms with E-state index in [0.717, 1.165) is 46.6 Å². The number of carbonyl (C=O) groups is 2. The van der Waals surface area contributed by atoms with Crippen molar-refractivity contribution >= 4 is 34.0 Å². The SMILES string of the molecule is Cc1ccc(NC(=O)C2CCCc3sc(NC(=O)c4ccc5c(c4)OCO5)nc32)c(C)c1. The molecule has 1 unspecified atom stereocenters. The van der Waals surface area contributed by atoms with Crippen LogP contribution >= 0.6 is 11.3 Å². The Labute approximate surface area is 189 Å². The third kappa shape index (κ3) is 3.93. The van der Waals surface area contributed by atoms with Crippen LogP contribution in [0.4, 0.5) is 10.8 Å². The van der Waals surface area contributed by atoms with E-state index >= 15 is 0 Å². The van der Waals surface area contributed by atoms with Gasteiger partial charge in [-0.1, -0.05) is 17.7 Å². The van der Waals surface area contributed by atoms with Gasteiger partial charge in [-0.05, 0) is 62.9 Å². The number of ether oxygens (including phenoxy) is 2. The summed E-state index contributed by atoms with van der Waals surface area (Å²) in [6, 6.07) is 11.0. The highest BCUT2D eigenvalue weighted by molar-refractivity contribution is 7.16. The van der Waals surface area contributed by atoms with Crippen molar-refractivity contribution in [2.75, 3.05) is 17.4 Å². The Bertz CT molecular complexity index is 1220. The fourth-order valence-corrected chi connectivity index (χ4v) is 5.17. The third-order valence-electron chi connectivity index (χ3n) is 5.77. The zero-order chi connectivity index (χ0) is 22.2. The molecule has 1 aromatic heterocycles. The van der Waals surface area contributed by atoms with Crippen LogP contribution in [0, 0.1) is 13.8 Å². The Hall–Kier alpha value is -3.39. The third-order valence-corrected chi connectivity index (χ3v) is 6.81. The van der Waals surface area contributed by atoms with E-state index in [1.54, 1.807) is 18.2 Å². The summed E-state index contributed by atoms with van der Waals surface area (Å²) in [4.78, 5) is 31.5. The number of rotatable bonds is 4. The van der Waals surface area contributed by atoms with Gasteiger partial charge in [-0.15, -0.1) is 11.3 Å². The second-order valence-electron chi connectivity index (χ2n) is 8.10. The van der Waals surface area contributed by atoms with E-state index in [-0.39, 0.29) is 24.5 Å². The number of hydrogen-bond donors (Lipinski definition) is 2. The maximum atomic E-state index is 13.1. The number of nitrogens with zero attached hydrogens (tertiary/aromatic N) is 1. The number of fused-ring (bicyclic) bond motifs is 2. The summed E-state index contributed by atoms with van der Waals surface area (Å²) < 4.78 is 10.6. The van der Waals surface area contributed by atoms with Gasteiger partial charge in [0.25, 0.3) is 5.91 Å². The highest BCUT2D eigenvalue weighted by Gasteiger charge is 2.31. The van der Waals surface area contributed by atoms with Gasteiger partial charge in [0.2, 0.25) is 12.7 Å². The molecule has 0 saturated carbocycles. The first-order chi connectivity index (χ1) is 15.5. The molecule has 2 amide bonds. The summed E-state index contributed by atoms with van der Waals surface area (Å²) in [5, 5.41) is 6.44. The average molecular weight is 450 g/mol. The molecule has 1 aliphatic carbocycles. The fourth-order valence-electron chi connectivity index (χ4n) is 4.11. The Balaban J connectivity index is 1.33. The number of amides is 2. The maximum Gasteiger partial charge on any atom is 0.257 e. The zero-order valence-corrected chi connectivity index (χ0v) is 18.7. The summed E-state index contributed by atoms with van der Waals surface area (Å²) in [6.45, 7) is 4.17. The van der Waals surface area contributed by atoms with Crippen molar-refractivity contribution in [2.45, 2.75) is 39.0 Å². The summed E-state index contributed by atoms with van der Waals surface area (Å²) in [5.74, 6) is 0.526. The number of nitrogens with one attached hydrogen (secondary N) is 2. The van der Waals surface area contributed by atoms with E-state index in [9.17, 15) is 9.59 Å². The molecular formula is C24H23N3O4S. The Kier molecular flexibility index (Phi) is 5.30. The van der Waals surface area contributed by atoms with Crippen molar-refractivity contribution in [1.82, 2.24) is 4.98 Å². The van der Waals surface area contributed by atoms with E-state index in [0.29, 0.717) is 22.2 Å². The molecule has 0 radical (unpaired) electrons. The smallest absolute Gasteiger partial charge is 0.257 e. The van der Waals surface area contributed by atoms with Crippen molar-refractivity contribution in [2.24, 2.45) is 0 Å². The summed E-state index contributed by atoms with van der Waals surface area (Å²) >= 11 is 1.44. The molecule has 0 bridgehead atoms. The molecule has 2 N–H and O–H groups in total.